The van der Waals surface area contributed by atoms with Crippen LogP contribution in [0.4, 0.5) is 22.7 Å². The van der Waals surface area contributed by atoms with Gasteiger partial charge in [0, 0.05) is 0 Å². The molecule has 0 saturated carbocycles. The van der Waals surface area contributed by atoms with Crippen molar-refractivity contribution < 1.29 is 129 Å². The Bertz CT molecular complexity index is 2650. The van der Waals surface area contributed by atoms with Crippen LogP contribution in [0.3, 0.4) is 0 Å². The molecule has 0 unspecified atom stereocenters. The molecule has 0 fully saturated rings. The zero-order valence-electron chi connectivity index (χ0n) is 28.1. The van der Waals surface area contributed by atoms with Gasteiger partial charge in [0.15, 0.2) is 0 Å². The Labute approximate surface area is 401 Å². The van der Waals surface area contributed by atoms with Crippen LogP contribution >= 0.6 is 23.2 Å². The van der Waals surface area contributed by atoms with Gasteiger partial charge >= 0.3 is 103 Å². The number of nitrogens with one attached hydrogen (secondary N) is 4. The van der Waals surface area contributed by atoms with Crippen LogP contribution in [-0.4, -0.2) is 55.8 Å². The quantitative estimate of drug-likeness (QED) is 0.0756. The van der Waals surface area contributed by atoms with Gasteiger partial charge < -0.3 is 19.1 Å². The molecule has 4 N–H and O–H groups in total. The SMILES string of the molecule is O=S(=O)([O-])c1cc(N=c2[nH]c(Cl)nc(=Nc3ccccc3)[nH]2)ccc1/C=C/c1ccc(N=c2[nH]c(Cl)nc(=Nc3ccccc3)[nH]2)cc1S(=O)(=O)[O-].[K+].[K+]. The number of para-hydroxylation sites is 2. The van der Waals surface area contributed by atoms with Gasteiger partial charge in [-0.1, -0.05) is 60.7 Å². The number of rotatable bonds is 8. The first kappa shape index (κ1) is 44.2. The van der Waals surface area contributed by atoms with Crippen LogP contribution in [0.5, 0.6) is 0 Å². The summed E-state index contributed by atoms with van der Waals surface area (Å²) in [6, 6.07) is 25.1. The average Bonchev–Trinajstić information content (AvgIpc) is 3.07. The van der Waals surface area contributed by atoms with E-state index in [9.17, 15) is 25.9 Å². The molecule has 0 aliphatic rings. The minimum absolute atomic E-state index is 0. The molecule has 0 aliphatic carbocycles. The molecule has 2 heterocycles. The van der Waals surface area contributed by atoms with Crippen molar-refractivity contribution in [1.29, 1.82) is 0 Å². The Morgan fingerprint density at radius 3 is 1.24 bits per heavy atom. The van der Waals surface area contributed by atoms with Crippen molar-refractivity contribution in [3.63, 3.8) is 0 Å². The third-order valence-corrected chi connectivity index (χ3v) is 8.89. The van der Waals surface area contributed by atoms with E-state index in [2.05, 4.69) is 49.9 Å². The van der Waals surface area contributed by atoms with Gasteiger partial charge in [-0.25, -0.2) is 36.8 Å². The summed E-state index contributed by atoms with van der Waals surface area (Å²) in [5.74, 6) is 0. The molecule has 54 heavy (non-hydrogen) atoms. The molecule has 22 heteroatoms. The molecule has 0 amide bonds. The van der Waals surface area contributed by atoms with Gasteiger partial charge in [0.1, 0.15) is 20.2 Å². The Kier molecular flexibility index (Phi) is 16.0. The van der Waals surface area contributed by atoms with Crippen molar-refractivity contribution in [2.24, 2.45) is 20.0 Å². The predicted octanol–water partition coefficient (Wildman–Crippen LogP) is -1.99. The van der Waals surface area contributed by atoms with Crippen LogP contribution in [0.25, 0.3) is 12.2 Å². The van der Waals surface area contributed by atoms with Crippen molar-refractivity contribution in [3.05, 3.63) is 141 Å². The minimum atomic E-state index is -5.08. The molecule has 0 radical (unpaired) electrons. The number of benzene rings is 4. The topological polar surface area (TPSA) is 253 Å². The third-order valence-electron chi connectivity index (χ3n) is 6.75. The summed E-state index contributed by atoms with van der Waals surface area (Å²) in [4.78, 5) is 35.0. The zero-order chi connectivity index (χ0) is 36.9. The second-order valence-electron chi connectivity index (χ2n) is 10.5. The largest absolute Gasteiger partial charge is 1.00 e. The van der Waals surface area contributed by atoms with E-state index in [1.54, 1.807) is 48.5 Å². The van der Waals surface area contributed by atoms with Gasteiger partial charge in [0.2, 0.25) is 33.0 Å². The van der Waals surface area contributed by atoms with Crippen LogP contribution in [0, 0.1) is 0 Å². The van der Waals surface area contributed by atoms with Gasteiger partial charge in [-0.15, -0.1) is 0 Å². The summed E-state index contributed by atoms with van der Waals surface area (Å²) in [6.45, 7) is 0. The van der Waals surface area contributed by atoms with E-state index in [-0.39, 0.29) is 158 Å². The average molecular weight is 856 g/mol. The van der Waals surface area contributed by atoms with E-state index in [0.29, 0.717) is 11.4 Å². The summed E-state index contributed by atoms with van der Waals surface area (Å²) >= 11 is 12.2. The molecule has 0 spiro atoms. The van der Waals surface area contributed by atoms with Crippen LogP contribution in [0.1, 0.15) is 11.1 Å². The van der Waals surface area contributed by atoms with Crippen LogP contribution < -0.4 is 125 Å². The summed E-state index contributed by atoms with van der Waals surface area (Å²) in [5.41, 5.74) is 1.26. The molecule has 0 aliphatic heterocycles. The fourth-order valence-electron chi connectivity index (χ4n) is 4.57. The molecule has 0 atom stereocenters. The number of aromatic amines is 4. The van der Waals surface area contributed by atoms with Gasteiger partial charge in [-0.3, -0.25) is 9.97 Å². The van der Waals surface area contributed by atoms with Gasteiger partial charge in [0.25, 0.3) is 0 Å². The number of halogens is 2. The monoisotopic (exact) mass is 854 g/mol. The first-order valence-electron chi connectivity index (χ1n) is 14.7. The van der Waals surface area contributed by atoms with Crippen molar-refractivity contribution in [2.45, 2.75) is 9.79 Å². The molecular formula is C32H22Cl2K2N10O6S2. The van der Waals surface area contributed by atoms with Gasteiger partial charge in [0.05, 0.1) is 32.5 Å². The maximum absolute atomic E-state index is 12.3. The maximum Gasteiger partial charge on any atom is 1.00 e. The van der Waals surface area contributed by atoms with Crippen molar-refractivity contribution in [2.75, 3.05) is 0 Å². The molecule has 0 saturated heterocycles. The summed E-state index contributed by atoms with van der Waals surface area (Å²) in [5, 5.41) is -0.147. The number of aromatic nitrogens is 6. The van der Waals surface area contributed by atoms with Gasteiger partial charge in [-0.05, 0) is 82.9 Å². The van der Waals surface area contributed by atoms with Crippen LogP contribution in [-0.2, 0) is 20.2 Å². The van der Waals surface area contributed by atoms with E-state index >= 15 is 0 Å². The Balaban J connectivity index is 0.00000325. The normalized spacial score (nSPS) is 13.2. The van der Waals surface area contributed by atoms with Crippen LogP contribution in [0.2, 0.25) is 10.6 Å². The number of hydrogen-bond acceptors (Lipinski definition) is 12. The Morgan fingerprint density at radius 2 is 0.889 bits per heavy atom. The van der Waals surface area contributed by atoms with E-state index in [1.807, 2.05) is 12.1 Å². The van der Waals surface area contributed by atoms with E-state index in [4.69, 9.17) is 23.2 Å². The molecule has 6 rings (SSSR count). The first-order chi connectivity index (χ1) is 24.8. The summed E-state index contributed by atoms with van der Waals surface area (Å²) in [6.07, 6.45) is 2.35. The molecular weight excluding hydrogens is 834 g/mol. The van der Waals surface area contributed by atoms with Crippen LogP contribution in [0.15, 0.2) is 127 Å². The summed E-state index contributed by atoms with van der Waals surface area (Å²) in [7, 11) is -10.2. The number of H-pyrrole nitrogens is 4. The number of hydrogen-bond donors (Lipinski definition) is 4. The van der Waals surface area contributed by atoms with Crippen molar-refractivity contribution in [1.82, 2.24) is 29.9 Å². The first-order valence-corrected chi connectivity index (χ1v) is 18.3. The second-order valence-corrected chi connectivity index (χ2v) is 13.9. The van der Waals surface area contributed by atoms with Crippen molar-refractivity contribution >= 4 is 78.3 Å². The number of nitrogens with zero attached hydrogens (tertiary/aromatic N) is 6. The predicted molar refractivity (Wildman–Crippen MR) is 187 cm³/mol. The molecule has 4 aromatic carbocycles. The Morgan fingerprint density at radius 1 is 0.519 bits per heavy atom. The van der Waals surface area contributed by atoms with Crippen molar-refractivity contribution in [3.8, 4) is 0 Å². The molecule has 0 bridgehead atoms. The summed E-state index contributed by atoms with van der Waals surface area (Å²) < 4.78 is 73.8. The zero-order valence-corrected chi connectivity index (χ0v) is 37.5. The van der Waals surface area contributed by atoms with E-state index in [1.165, 1.54) is 36.4 Å². The third kappa shape index (κ3) is 12.5. The molecule has 264 valence electrons. The standard InChI is InChI=1S/C32H24Cl2N10O6S2.2K/c33-27-39-29(35-21-7-3-1-4-8-21)43-31(41-27)37-23-15-13-19(25(17-23)51(45,46)47)11-12-20-14-16-24(18-26(20)52(48,49)50)38-32-42-28(34)40-30(44-32)36-22-9-5-2-6-10-22;;/h1-18H,(H,45,46,47)(H,48,49,50)(H2,35,37,39,41,43)(H2,36,38,40,42,44);;/q;2*+1/p-2/b12-11+;;. The molecule has 2 aromatic heterocycles. The molecule has 6 aromatic rings. The van der Waals surface area contributed by atoms with Gasteiger partial charge in [-0.2, -0.15) is 9.97 Å². The molecule has 16 nitrogen and oxygen atoms in total. The second kappa shape index (κ2) is 19.6. The van der Waals surface area contributed by atoms with E-state index in [0.717, 1.165) is 12.1 Å². The minimum Gasteiger partial charge on any atom is -0.744 e. The Hall–Kier alpha value is -2.49. The fraction of sp³-hybridized carbons (Fsp3) is 0. The van der Waals surface area contributed by atoms with E-state index < -0.39 is 30.0 Å². The smallest absolute Gasteiger partial charge is 0.744 e. The maximum atomic E-state index is 12.3. The fourth-order valence-corrected chi connectivity index (χ4v) is 6.28.